The molecule has 4 nitrogen and oxygen atoms in total. The lowest BCUT2D eigenvalue weighted by Crippen LogP contribution is -2.49. The fraction of sp³-hybridized carbons (Fsp3) is 1.00. The minimum absolute atomic E-state index is 0. The molecule has 542 valence electrons. The van der Waals surface area contributed by atoms with E-state index in [1.54, 1.807) is 0 Å². The molecule has 0 spiro atoms. The molecule has 0 aliphatic carbocycles. The van der Waals surface area contributed by atoms with Crippen LogP contribution in [0, 0.1) is 124 Å². The van der Waals surface area contributed by atoms with Crippen molar-refractivity contribution in [3.63, 3.8) is 0 Å². The van der Waals surface area contributed by atoms with E-state index in [-0.39, 0.29) is 14.9 Å². The molecule has 0 saturated heterocycles. The van der Waals surface area contributed by atoms with Gasteiger partial charge in [0, 0.05) is 37.4 Å². The lowest BCUT2D eigenvalue weighted by atomic mass is 9.65. The Hall–Kier alpha value is -0.160. The third kappa shape index (κ3) is 59.6. The summed E-state index contributed by atoms with van der Waals surface area (Å²) in [5.74, 6) is 15.8. The van der Waals surface area contributed by atoms with Crippen molar-refractivity contribution < 1.29 is 9.47 Å². The molecule has 4 heteroatoms. The third-order valence-electron chi connectivity index (χ3n) is 17.5. The van der Waals surface area contributed by atoms with Crippen molar-refractivity contribution in [2.75, 3.05) is 19.9 Å². The maximum absolute atomic E-state index is 6.49. The number of ether oxygens (including phenoxy) is 2. The fourth-order valence-electron chi connectivity index (χ4n) is 14.4. The molecule has 0 saturated carbocycles. The van der Waals surface area contributed by atoms with E-state index in [2.05, 4.69) is 287 Å². The zero-order valence-corrected chi connectivity index (χ0v) is 67.8. The van der Waals surface area contributed by atoms with Crippen LogP contribution in [-0.2, 0) is 9.47 Å². The minimum Gasteiger partial charge on any atom is -0.381 e. The molecule has 0 heterocycles. The molecule has 0 aromatic rings. The second-order valence-electron chi connectivity index (χ2n) is 36.2. The van der Waals surface area contributed by atoms with Crippen LogP contribution < -0.4 is 0 Å². The molecular formula is C84H184N2O2. The second-order valence-corrected chi connectivity index (χ2v) is 36.2. The van der Waals surface area contributed by atoms with E-state index in [1.807, 2.05) is 0 Å². The van der Waals surface area contributed by atoms with E-state index in [9.17, 15) is 0 Å². The monoisotopic (exact) mass is 1250 g/mol. The van der Waals surface area contributed by atoms with Crippen LogP contribution in [0.2, 0.25) is 0 Å². The number of hydrogen-bond donors (Lipinski definition) is 0. The van der Waals surface area contributed by atoms with Crippen molar-refractivity contribution in [1.29, 1.82) is 0 Å². The number of nitrogens with zero attached hydrogens (tertiary/aromatic N) is 2. The van der Waals surface area contributed by atoms with Gasteiger partial charge in [-0.1, -0.05) is 236 Å². The van der Waals surface area contributed by atoms with Crippen LogP contribution in [0.1, 0.15) is 369 Å². The van der Waals surface area contributed by atoms with Crippen LogP contribution in [-0.4, -0.2) is 66.1 Å². The standard InChI is InChI=1S/2C18H38O.C17H36.C16H34.C13H30N2.2CH4/c1-13(2)9-17(15(5)6)11-19-12-18(16(7)8)10-14(3)4;1-13(2)9-17(10-14(3)4)19-18(11-15(5)6)12-16(7)8;1-13(2)9-17(10-14(3)4,11-15(5)6)12-16(7)8;1-11(2)9-15(13(5)6)16(14(7)8)10-12(3)4;1-10(2)14(11(3)4)9-15(12(5)6)13(7)8;;/h2*13-18H,9-12H2,1-8H3;13-16H,9-12H2,1-8H3;11-16H,9-10H2,1-8H3;10-13H,9H2,1-8H3;2*1H4. The SMILES string of the molecule is C.C.CC(C)CC(C(C)C)C(CC(C)C)C(C)C.CC(C)CC(CC(C)C)(CC(C)C)CC(C)C.CC(C)CC(CC(C)C)OC(CC(C)C)CC(C)C.CC(C)CC(COCC(CC(C)C)C(C)C)C(C)C.CC(C)N(CN(C(C)C)C(C)C)C(C)C. The van der Waals surface area contributed by atoms with Crippen LogP contribution in [0.5, 0.6) is 0 Å². The molecule has 0 fully saturated rings. The van der Waals surface area contributed by atoms with E-state index in [0.717, 1.165) is 126 Å². The Balaban J connectivity index is -0.000000186. The molecule has 4 atom stereocenters. The topological polar surface area (TPSA) is 24.9 Å². The smallest absolute Gasteiger partial charge is 0.0583 e. The Kier molecular flexibility index (Phi) is 64.6. The lowest BCUT2D eigenvalue weighted by Gasteiger charge is -2.40. The van der Waals surface area contributed by atoms with E-state index in [4.69, 9.17) is 9.47 Å². The first-order chi connectivity index (χ1) is 39.1. The predicted octanol–water partition coefficient (Wildman–Crippen LogP) is 27.8. The van der Waals surface area contributed by atoms with Gasteiger partial charge >= 0.3 is 0 Å². The van der Waals surface area contributed by atoms with Gasteiger partial charge in [-0.15, -0.1) is 0 Å². The van der Waals surface area contributed by atoms with E-state index < -0.39 is 0 Å². The molecule has 0 amide bonds. The zero-order valence-electron chi connectivity index (χ0n) is 67.8. The van der Waals surface area contributed by atoms with Crippen molar-refractivity contribution in [3.05, 3.63) is 0 Å². The number of rotatable bonds is 41. The average Bonchev–Trinajstić information content (AvgIpc) is 3.27. The summed E-state index contributed by atoms with van der Waals surface area (Å²) in [6.45, 7) is 96.3. The van der Waals surface area contributed by atoms with Crippen molar-refractivity contribution in [2.24, 2.45) is 124 Å². The van der Waals surface area contributed by atoms with Crippen LogP contribution >= 0.6 is 0 Å². The Bertz CT molecular complexity index is 1260. The second kappa shape index (κ2) is 56.1. The summed E-state index contributed by atoms with van der Waals surface area (Å²) in [5, 5.41) is 0. The van der Waals surface area contributed by atoms with Crippen LogP contribution in [0.4, 0.5) is 0 Å². The summed E-state index contributed by atoms with van der Waals surface area (Å²) in [4.78, 5) is 5.08. The van der Waals surface area contributed by atoms with E-state index >= 15 is 0 Å². The summed E-state index contributed by atoms with van der Waals surface area (Å²) in [6, 6.07) is 2.46. The highest BCUT2D eigenvalue weighted by atomic mass is 16.5. The van der Waals surface area contributed by atoms with Gasteiger partial charge in [-0.25, -0.2) is 0 Å². The van der Waals surface area contributed by atoms with Gasteiger partial charge in [0.15, 0.2) is 0 Å². The molecule has 0 aliphatic heterocycles. The third-order valence-corrected chi connectivity index (χ3v) is 17.5. The largest absolute Gasteiger partial charge is 0.381 e. The van der Waals surface area contributed by atoms with Gasteiger partial charge in [0.1, 0.15) is 0 Å². The molecular weight excluding hydrogens is 1070 g/mol. The van der Waals surface area contributed by atoms with Crippen molar-refractivity contribution >= 4 is 0 Å². The highest BCUT2D eigenvalue weighted by Gasteiger charge is 2.34. The van der Waals surface area contributed by atoms with Gasteiger partial charge in [-0.2, -0.15) is 0 Å². The van der Waals surface area contributed by atoms with Gasteiger partial charge in [0.2, 0.25) is 0 Å². The Labute approximate surface area is 565 Å². The summed E-state index contributed by atoms with van der Waals surface area (Å²) >= 11 is 0. The molecule has 0 aliphatic rings. The first-order valence-corrected chi connectivity index (χ1v) is 37.9. The van der Waals surface area contributed by atoms with Crippen molar-refractivity contribution in [1.82, 2.24) is 9.80 Å². The zero-order chi connectivity index (χ0) is 68.7. The minimum atomic E-state index is 0. The normalized spacial score (nSPS) is 14.0. The average molecular weight is 1250 g/mol. The maximum Gasteiger partial charge on any atom is 0.0583 e. The maximum atomic E-state index is 6.49. The van der Waals surface area contributed by atoms with E-state index in [1.165, 1.54) is 77.0 Å². The van der Waals surface area contributed by atoms with Crippen molar-refractivity contribution in [3.8, 4) is 0 Å². The van der Waals surface area contributed by atoms with Crippen LogP contribution in [0.15, 0.2) is 0 Å². The summed E-state index contributed by atoms with van der Waals surface area (Å²) < 4.78 is 12.6. The molecule has 4 unspecified atom stereocenters. The molecule has 88 heavy (non-hydrogen) atoms. The quantitative estimate of drug-likeness (QED) is 0.0570. The Morgan fingerprint density at radius 3 is 0.602 bits per heavy atom. The van der Waals surface area contributed by atoms with Crippen LogP contribution in [0.25, 0.3) is 0 Å². The lowest BCUT2D eigenvalue weighted by molar-refractivity contribution is -0.0484. The molecule has 0 bridgehead atoms. The Morgan fingerprint density at radius 2 is 0.455 bits per heavy atom. The van der Waals surface area contributed by atoms with Gasteiger partial charge in [0.25, 0.3) is 0 Å². The van der Waals surface area contributed by atoms with Gasteiger partial charge in [-0.3, -0.25) is 9.80 Å². The molecule has 0 aromatic heterocycles. The van der Waals surface area contributed by atoms with E-state index in [0.29, 0.717) is 53.6 Å². The molecule has 0 N–H and O–H groups in total. The summed E-state index contributed by atoms with van der Waals surface area (Å²) in [7, 11) is 0. The van der Waals surface area contributed by atoms with Gasteiger partial charge in [0.05, 0.1) is 18.9 Å². The molecule has 0 radical (unpaired) electrons. The fourth-order valence-corrected chi connectivity index (χ4v) is 14.4. The van der Waals surface area contributed by atoms with Crippen molar-refractivity contribution in [2.45, 2.75) is 405 Å². The summed E-state index contributed by atoms with van der Waals surface area (Å²) in [6.07, 6.45) is 16.7. The molecule has 0 rings (SSSR count). The first-order valence-electron chi connectivity index (χ1n) is 37.9. The summed E-state index contributed by atoms with van der Waals surface area (Å²) in [5.41, 5.74) is 0.588. The molecule has 0 aromatic carbocycles. The Morgan fingerprint density at radius 1 is 0.250 bits per heavy atom. The predicted molar refractivity (Wildman–Crippen MR) is 411 cm³/mol. The van der Waals surface area contributed by atoms with Crippen LogP contribution in [0.3, 0.4) is 0 Å². The highest BCUT2D eigenvalue weighted by molar-refractivity contribution is 4.84. The first kappa shape index (κ1) is 101. The highest BCUT2D eigenvalue weighted by Crippen LogP contribution is 2.45. The van der Waals surface area contributed by atoms with Gasteiger partial charge in [-0.05, 0) is 256 Å². The van der Waals surface area contributed by atoms with Gasteiger partial charge < -0.3 is 9.47 Å². The number of hydrogen-bond acceptors (Lipinski definition) is 4.